The van der Waals surface area contributed by atoms with E-state index < -0.39 is 33.5 Å². The first-order valence-corrected chi connectivity index (χ1v) is 10.5. The molecule has 1 amide bonds. The van der Waals surface area contributed by atoms with Crippen molar-refractivity contribution < 1.29 is 22.0 Å². The van der Waals surface area contributed by atoms with Crippen molar-refractivity contribution in [2.45, 2.75) is 38.1 Å². The lowest BCUT2D eigenvalue weighted by atomic mass is 9.98. The Morgan fingerprint density at radius 2 is 2.11 bits per heavy atom. The van der Waals surface area contributed by atoms with Crippen LogP contribution in [0.3, 0.4) is 0 Å². The molecule has 0 bridgehead atoms. The molecule has 1 unspecified atom stereocenters. The normalized spacial score (nSPS) is 18.2. The summed E-state index contributed by atoms with van der Waals surface area (Å²) in [5.41, 5.74) is 0.272. The van der Waals surface area contributed by atoms with Crippen LogP contribution in [0.25, 0.3) is 0 Å². The Labute approximate surface area is 162 Å². The lowest BCUT2D eigenvalue weighted by Crippen LogP contribution is -2.43. The smallest absolute Gasteiger partial charge is 0.246 e. The van der Waals surface area contributed by atoms with Gasteiger partial charge in [0.1, 0.15) is 16.5 Å². The van der Waals surface area contributed by atoms with Gasteiger partial charge in [-0.1, -0.05) is 0 Å². The van der Waals surface area contributed by atoms with Crippen LogP contribution in [-0.4, -0.2) is 41.5 Å². The van der Waals surface area contributed by atoms with Gasteiger partial charge in [-0.05, 0) is 38.8 Å². The summed E-state index contributed by atoms with van der Waals surface area (Å²) in [6.45, 7) is 4.33. The molecule has 1 aliphatic rings. The number of hydrogen-bond acceptors (Lipinski definition) is 4. The molecule has 0 spiro atoms. The van der Waals surface area contributed by atoms with Gasteiger partial charge in [-0.3, -0.25) is 9.48 Å². The maximum absolute atomic E-state index is 13.8. The summed E-state index contributed by atoms with van der Waals surface area (Å²) in [4.78, 5) is 12.6. The zero-order chi connectivity index (χ0) is 20.5. The molecule has 1 saturated heterocycles. The highest BCUT2D eigenvalue weighted by Crippen LogP contribution is 2.26. The number of anilines is 1. The van der Waals surface area contributed by atoms with Crippen LogP contribution in [0.15, 0.2) is 29.3 Å². The van der Waals surface area contributed by atoms with Crippen LogP contribution >= 0.6 is 0 Å². The molecule has 1 aromatic carbocycles. The molecule has 7 nitrogen and oxygen atoms in total. The maximum Gasteiger partial charge on any atom is 0.246 e. The van der Waals surface area contributed by atoms with Gasteiger partial charge in [0.2, 0.25) is 15.9 Å². The molecule has 1 aromatic heterocycles. The number of amides is 1. The maximum atomic E-state index is 13.8. The van der Waals surface area contributed by atoms with Gasteiger partial charge < -0.3 is 5.32 Å². The Morgan fingerprint density at radius 3 is 2.75 bits per heavy atom. The number of carbonyl (C=O) groups is 1. The monoisotopic (exact) mass is 412 g/mol. The van der Waals surface area contributed by atoms with Crippen molar-refractivity contribution in [2.75, 3.05) is 18.4 Å². The zero-order valence-electron chi connectivity index (χ0n) is 15.7. The molecule has 2 heterocycles. The third-order valence-corrected chi connectivity index (χ3v) is 6.76. The number of aromatic nitrogens is 2. The fourth-order valence-electron chi connectivity index (χ4n) is 3.25. The Hall–Kier alpha value is -2.33. The molecule has 1 N–H and O–H groups in total. The van der Waals surface area contributed by atoms with Gasteiger partial charge in [0, 0.05) is 31.9 Å². The second-order valence-electron chi connectivity index (χ2n) is 6.75. The minimum Gasteiger partial charge on any atom is -0.323 e. The van der Waals surface area contributed by atoms with Gasteiger partial charge in [0.25, 0.3) is 0 Å². The Kier molecular flexibility index (Phi) is 5.80. The highest BCUT2D eigenvalue weighted by molar-refractivity contribution is 7.89. The highest BCUT2D eigenvalue weighted by Gasteiger charge is 2.35. The minimum absolute atomic E-state index is 0.00622. The molecule has 10 heteroatoms. The van der Waals surface area contributed by atoms with E-state index in [1.54, 1.807) is 11.6 Å². The number of nitrogens with zero attached hydrogens (tertiary/aromatic N) is 3. The fourth-order valence-corrected chi connectivity index (χ4v) is 4.95. The number of hydrogen-bond donors (Lipinski definition) is 1. The van der Waals surface area contributed by atoms with Gasteiger partial charge in [0.15, 0.2) is 0 Å². The van der Waals surface area contributed by atoms with Crippen LogP contribution in [0, 0.1) is 24.5 Å². The highest BCUT2D eigenvalue weighted by atomic mass is 32.2. The van der Waals surface area contributed by atoms with Crippen molar-refractivity contribution in [3.63, 3.8) is 0 Å². The van der Waals surface area contributed by atoms with E-state index in [0.717, 1.165) is 12.1 Å². The Morgan fingerprint density at radius 1 is 1.36 bits per heavy atom. The summed E-state index contributed by atoms with van der Waals surface area (Å²) < 4.78 is 55.6. The summed E-state index contributed by atoms with van der Waals surface area (Å²) in [7, 11) is -3.79. The van der Waals surface area contributed by atoms with Crippen LogP contribution in [0.5, 0.6) is 0 Å². The molecule has 28 heavy (non-hydrogen) atoms. The van der Waals surface area contributed by atoms with Crippen molar-refractivity contribution in [3.05, 3.63) is 41.7 Å². The Balaban J connectivity index is 1.75. The van der Waals surface area contributed by atoms with E-state index in [9.17, 15) is 22.0 Å². The zero-order valence-corrected chi connectivity index (χ0v) is 16.5. The largest absolute Gasteiger partial charge is 0.323 e. The van der Waals surface area contributed by atoms with Gasteiger partial charge in [-0.2, -0.15) is 9.40 Å². The summed E-state index contributed by atoms with van der Waals surface area (Å²) in [6, 6.07) is 2.87. The summed E-state index contributed by atoms with van der Waals surface area (Å²) in [6.07, 6.45) is 2.47. The first-order valence-electron chi connectivity index (χ1n) is 9.02. The van der Waals surface area contributed by atoms with Crippen LogP contribution in [-0.2, 0) is 21.4 Å². The topological polar surface area (TPSA) is 84.3 Å². The number of nitrogens with one attached hydrogen (secondary N) is 1. The fraction of sp³-hybridized carbons (Fsp3) is 0.444. The van der Waals surface area contributed by atoms with E-state index in [0.29, 0.717) is 37.7 Å². The molecule has 3 rings (SSSR count). The standard InChI is InChI=1S/C18H22F2N4O3S/c1-3-23-11-17(12(2)22-23)28(26,27)24-8-4-5-13(10-24)18(25)21-16-7-6-14(19)9-15(16)20/h6-7,9,11,13H,3-5,8,10H2,1-2H3,(H,21,25). The number of benzene rings is 1. The number of rotatable bonds is 5. The first kappa shape index (κ1) is 20.4. The van der Waals surface area contributed by atoms with E-state index in [4.69, 9.17) is 0 Å². The Bertz CT molecular complexity index is 991. The summed E-state index contributed by atoms with van der Waals surface area (Å²) in [5.74, 6) is -2.74. The third kappa shape index (κ3) is 4.07. The van der Waals surface area contributed by atoms with E-state index in [-0.39, 0.29) is 17.1 Å². The predicted molar refractivity (Wildman–Crippen MR) is 99.1 cm³/mol. The molecule has 1 fully saturated rings. The lowest BCUT2D eigenvalue weighted by molar-refractivity contribution is -0.120. The second kappa shape index (κ2) is 7.96. The van der Waals surface area contributed by atoms with E-state index in [1.807, 2.05) is 6.92 Å². The quantitative estimate of drug-likeness (QED) is 0.818. The van der Waals surface area contributed by atoms with Crippen LogP contribution in [0.1, 0.15) is 25.5 Å². The number of piperidine rings is 1. The molecule has 2 aromatic rings. The van der Waals surface area contributed by atoms with Crippen LogP contribution in [0.2, 0.25) is 0 Å². The van der Waals surface area contributed by atoms with Gasteiger partial charge in [-0.25, -0.2) is 17.2 Å². The lowest BCUT2D eigenvalue weighted by Gasteiger charge is -2.31. The van der Waals surface area contributed by atoms with E-state index in [2.05, 4.69) is 10.4 Å². The predicted octanol–water partition coefficient (Wildman–Crippen LogP) is 2.53. The molecule has 0 aliphatic carbocycles. The van der Waals surface area contributed by atoms with Crippen LogP contribution in [0.4, 0.5) is 14.5 Å². The van der Waals surface area contributed by atoms with Gasteiger partial charge in [-0.15, -0.1) is 0 Å². The molecule has 1 aliphatic heterocycles. The molecule has 0 radical (unpaired) electrons. The van der Waals surface area contributed by atoms with E-state index >= 15 is 0 Å². The average Bonchev–Trinajstić information content (AvgIpc) is 3.06. The van der Waals surface area contributed by atoms with Gasteiger partial charge in [0.05, 0.1) is 17.3 Å². The number of aryl methyl sites for hydroxylation is 2. The van der Waals surface area contributed by atoms with E-state index in [1.165, 1.54) is 10.5 Å². The summed E-state index contributed by atoms with van der Waals surface area (Å²) in [5, 5.41) is 6.60. The van der Waals surface area contributed by atoms with Gasteiger partial charge >= 0.3 is 0 Å². The average molecular weight is 412 g/mol. The SMILES string of the molecule is CCn1cc(S(=O)(=O)N2CCCC(C(=O)Nc3ccc(F)cc3F)C2)c(C)n1. The number of sulfonamides is 1. The number of carbonyl (C=O) groups excluding carboxylic acids is 1. The summed E-state index contributed by atoms with van der Waals surface area (Å²) >= 11 is 0. The minimum atomic E-state index is -3.79. The van der Waals surface area contributed by atoms with Crippen molar-refractivity contribution in [1.29, 1.82) is 0 Å². The van der Waals surface area contributed by atoms with Crippen molar-refractivity contribution in [1.82, 2.24) is 14.1 Å². The molecular weight excluding hydrogens is 390 g/mol. The van der Waals surface area contributed by atoms with Crippen LogP contribution < -0.4 is 5.32 Å². The molecule has 152 valence electrons. The first-order chi connectivity index (χ1) is 13.2. The number of halogens is 2. The third-order valence-electron chi connectivity index (χ3n) is 4.79. The molecular formula is C18H22F2N4O3S. The molecule has 0 saturated carbocycles. The second-order valence-corrected chi connectivity index (χ2v) is 8.66. The van der Waals surface area contributed by atoms with Crippen molar-refractivity contribution in [2.24, 2.45) is 5.92 Å². The van der Waals surface area contributed by atoms with Crippen molar-refractivity contribution >= 4 is 21.6 Å². The molecule has 1 atom stereocenters. The van der Waals surface area contributed by atoms with Crippen molar-refractivity contribution in [3.8, 4) is 0 Å².